The minimum atomic E-state index is -0.377. The summed E-state index contributed by atoms with van der Waals surface area (Å²) in [4.78, 5) is 44.0. The number of nitrogens with one attached hydrogen (secondary N) is 1. The van der Waals surface area contributed by atoms with Gasteiger partial charge in [0.15, 0.2) is 11.6 Å². The van der Waals surface area contributed by atoms with Gasteiger partial charge in [0.05, 0.1) is 11.7 Å². The molecule has 2 fully saturated rings. The first-order valence-electron chi connectivity index (χ1n) is 11.1. The van der Waals surface area contributed by atoms with E-state index in [1.807, 2.05) is 39.9 Å². The number of ketones is 1. The highest BCUT2D eigenvalue weighted by Gasteiger charge is 2.50. The van der Waals surface area contributed by atoms with Crippen LogP contribution in [0.1, 0.15) is 35.7 Å². The predicted octanol–water partition coefficient (Wildman–Crippen LogP) is 4.03. The van der Waals surface area contributed by atoms with Crippen LogP contribution >= 0.6 is 31.9 Å². The van der Waals surface area contributed by atoms with Gasteiger partial charge in [-0.25, -0.2) is 9.89 Å². The van der Waals surface area contributed by atoms with Crippen LogP contribution in [0, 0.1) is 11.8 Å². The molecule has 5 rings (SSSR count). The molecule has 2 atom stereocenters. The predicted molar refractivity (Wildman–Crippen MR) is 135 cm³/mol. The average Bonchev–Trinajstić information content (AvgIpc) is 3.56. The Morgan fingerprint density at radius 3 is 2.32 bits per heavy atom. The number of nitrogens with two attached hydrogens (primary N) is 1. The van der Waals surface area contributed by atoms with Crippen molar-refractivity contribution in [3.63, 3.8) is 0 Å². The average molecular weight is 589 g/mol. The zero-order chi connectivity index (χ0) is 24.0. The SMILES string of the molecule is Nc1c(Br)cc(C(=O)C2CC2C(=O)N2CCC(n3[nH]c(=O)nc3-c3ccccc3)CC2)cc1Br. The Hall–Kier alpha value is -2.72. The molecule has 2 aromatic carbocycles. The number of rotatable bonds is 5. The van der Waals surface area contributed by atoms with Gasteiger partial charge in [0.2, 0.25) is 5.91 Å². The van der Waals surface area contributed by atoms with E-state index in [-0.39, 0.29) is 35.3 Å². The first-order valence-corrected chi connectivity index (χ1v) is 12.7. The number of likely N-dealkylation sites (tertiary alicyclic amines) is 1. The van der Waals surface area contributed by atoms with Gasteiger partial charge in [-0.2, -0.15) is 4.98 Å². The fourth-order valence-corrected chi connectivity index (χ4v) is 5.85. The third kappa shape index (κ3) is 4.36. The molecule has 2 heterocycles. The van der Waals surface area contributed by atoms with E-state index >= 15 is 0 Å². The molecular weight excluding hydrogens is 566 g/mol. The summed E-state index contributed by atoms with van der Waals surface area (Å²) in [6, 6.07) is 13.1. The van der Waals surface area contributed by atoms with Crippen molar-refractivity contribution in [1.29, 1.82) is 0 Å². The fraction of sp³-hybridized carbons (Fsp3) is 0.333. The highest BCUT2D eigenvalue weighted by molar-refractivity contribution is 9.11. The second-order valence-electron chi connectivity index (χ2n) is 8.81. The van der Waals surface area contributed by atoms with Crippen LogP contribution in [0.4, 0.5) is 5.69 Å². The maximum atomic E-state index is 13.1. The third-order valence-electron chi connectivity index (χ3n) is 6.63. The van der Waals surface area contributed by atoms with Crippen molar-refractivity contribution in [2.75, 3.05) is 18.8 Å². The first-order chi connectivity index (χ1) is 16.3. The molecule has 176 valence electrons. The van der Waals surface area contributed by atoms with Crippen molar-refractivity contribution in [3.8, 4) is 11.4 Å². The van der Waals surface area contributed by atoms with E-state index in [0.717, 1.165) is 5.56 Å². The van der Waals surface area contributed by atoms with Crippen molar-refractivity contribution in [2.24, 2.45) is 11.8 Å². The number of amides is 1. The summed E-state index contributed by atoms with van der Waals surface area (Å²) in [5.74, 6) is 0.0596. The highest BCUT2D eigenvalue weighted by atomic mass is 79.9. The fourth-order valence-electron chi connectivity index (χ4n) is 4.66. The molecule has 2 unspecified atom stereocenters. The van der Waals surface area contributed by atoms with E-state index in [9.17, 15) is 14.4 Å². The summed E-state index contributed by atoms with van der Waals surface area (Å²) < 4.78 is 3.14. The molecule has 1 amide bonds. The number of hydrogen-bond acceptors (Lipinski definition) is 5. The Labute approximate surface area is 212 Å². The number of aromatic nitrogens is 3. The molecule has 0 spiro atoms. The van der Waals surface area contributed by atoms with Gasteiger partial charge in [0, 0.05) is 45.0 Å². The lowest BCUT2D eigenvalue weighted by Crippen LogP contribution is -2.40. The summed E-state index contributed by atoms with van der Waals surface area (Å²) >= 11 is 6.75. The lowest BCUT2D eigenvalue weighted by atomic mass is 10.0. The van der Waals surface area contributed by atoms with Gasteiger partial charge in [0.25, 0.3) is 0 Å². The van der Waals surface area contributed by atoms with Gasteiger partial charge >= 0.3 is 5.69 Å². The molecule has 0 radical (unpaired) electrons. The largest absolute Gasteiger partial charge is 0.397 e. The van der Waals surface area contributed by atoms with Gasteiger partial charge in [-0.15, -0.1) is 0 Å². The number of aromatic amines is 1. The van der Waals surface area contributed by atoms with Crippen LogP contribution in [0.25, 0.3) is 11.4 Å². The molecule has 3 aromatic rings. The minimum absolute atomic E-state index is 0.0295. The zero-order valence-corrected chi connectivity index (χ0v) is 21.4. The molecule has 8 nitrogen and oxygen atoms in total. The van der Waals surface area contributed by atoms with Gasteiger partial charge in [-0.1, -0.05) is 30.3 Å². The normalized spacial score (nSPS) is 20.4. The number of carbonyl (C=O) groups is 2. The Bertz CT molecular complexity index is 1290. The number of H-pyrrole nitrogens is 1. The topological polar surface area (TPSA) is 114 Å². The smallest absolute Gasteiger partial charge is 0.361 e. The van der Waals surface area contributed by atoms with Gasteiger partial charge in [-0.3, -0.25) is 14.3 Å². The Morgan fingerprint density at radius 2 is 1.68 bits per heavy atom. The number of Topliss-reactive ketones (excluding diaryl/α,β-unsaturated/α-hetero) is 1. The molecule has 34 heavy (non-hydrogen) atoms. The third-order valence-corrected chi connectivity index (χ3v) is 7.95. The molecule has 2 aliphatic rings. The molecular formula is C24H23Br2N5O3. The number of piperidine rings is 1. The number of nitrogen functional groups attached to an aromatic ring is 1. The number of carbonyl (C=O) groups excluding carboxylic acids is 2. The van der Waals surface area contributed by atoms with E-state index in [1.165, 1.54) is 0 Å². The quantitative estimate of drug-likeness (QED) is 0.345. The second-order valence-corrected chi connectivity index (χ2v) is 10.5. The lowest BCUT2D eigenvalue weighted by Gasteiger charge is -2.33. The molecule has 3 N–H and O–H groups in total. The molecule has 1 saturated carbocycles. The summed E-state index contributed by atoms with van der Waals surface area (Å²) in [6.45, 7) is 1.16. The summed E-state index contributed by atoms with van der Waals surface area (Å²) in [6.07, 6.45) is 1.99. The Morgan fingerprint density at radius 1 is 1.03 bits per heavy atom. The number of anilines is 1. The van der Waals surface area contributed by atoms with E-state index in [2.05, 4.69) is 41.9 Å². The van der Waals surface area contributed by atoms with Crippen molar-refractivity contribution in [3.05, 3.63) is 67.5 Å². The van der Waals surface area contributed by atoms with Crippen LogP contribution in [0.2, 0.25) is 0 Å². The molecule has 1 aliphatic carbocycles. The van der Waals surface area contributed by atoms with Crippen LogP contribution in [0.15, 0.2) is 56.2 Å². The molecule has 1 aromatic heterocycles. The summed E-state index contributed by atoms with van der Waals surface area (Å²) in [5, 5.41) is 2.83. The van der Waals surface area contributed by atoms with Crippen molar-refractivity contribution in [1.82, 2.24) is 19.7 Å². The Kier molecular flexibility index (Phi) is 6.20. The van der Waals surface area contributed by atoms with Crippen molar-refractivity contribution >= 4 is 49.2 Å². The minimum Gasteiger partial charge on any atom is -0.397 e. The van der Waals surface area contributed by atoms with E-state index in [0.29, 0.717) is 58.4 Å². The molecule has 10 heteroatoms. The van der Waals surface area contributed by atoms with Crippen LogP contribution in [-0.4, -0.2) is 44.4 Å². The van der Waals surface area contributed by atoms with E-state index in [1.54, 1.807) is 12.1 Å². The summed E-state index contributed by atoms with van der Waals surface area (Å²) in [7, 11) is 0. The molecule has 0 bridgehead atoms. The van der Waals surface area contributed by atoms with E-state index in [4.69, 9.17) is 5.73 Å². The lowest BCUT2D eigenvalue weighted by molar-refractivity contribution is -0.134. The van der Waals surface area contributed by atoms with Gasteiger partial charge < -0.3 is 10.6 Å². The zero-order valence-electron chi connectivity index (χ0n) is 18.2. The monoisotopic (exact) mass is 587 g/mol. The molecule has 1 saturated heterocycles. The van der Waals surface area contributed by atoms with Crippen LogP contribution in [0.3, 0.4) is 0 Å². The van der Waals surface area contributed by atoms with Crippen molar-refractivity contribution in [2.45, 2.75) is 25.3 Å². The standard InChI is InChI=1S/C24H23Br2N5O3/c25-18-10-14(11-19(26)20(18)27)21(32)16-12-17(16)23(33)30-8-6-15(7-9-30)31-22(28-24(34)29-31)13-4-2-1-3-5-13/h1-5,10-11,15-17H,6-9,12,27H2,(H,29,34). The van der Waals surface area contributed by atoms with Gasteiger partial charge in [0.1, 0.15) is 0 Å². The first kappa shape index (κ1) is 23.0. The number of hydrogen-bond donors (Lipinski definition) is 2. The van der Waals surface area contributed by atoms with Crippen LogP contribution in [-0.2, 0) is 4.79 Å². The number of benzene rings is 2. The second kappa shape index (κ2) is 9.14. The maximum Gasteiger partial charge on any atom is 0.361 e. The molecule has 1 aliphatic heterocycles. The number of halogens is 2. The van der Waals surface area contributed by atoms with Crippen LogP contribution < -0.4 is 11.4 Å². The highest BCUT2D eigenvalue weighted by Crippen LogP contribution is 2.44. The Balaban J connectivity index is 1.22. The van der Waals surface area contributed by atoms with Crippen molar-refractivity contribution < 1.29 is 9.59 Å². The summed E-state index contributed by atoms with van der Waals surface area (Å²) in [5.41, 5.74) is 7.50. The maximum absolute atomic E-state index is 13.1. The van der Waals surface area contributed by atoms with E-state index < -0.39 is 0 Å². The van der Waals surface area contributed by atoms with Gasteiger partial charge in [-0.05, 0) is 63.3 Å². The van der Waals surface area contributed by atoms with Crippen LogP contribution in [0.5, 0.6) is 0 Å². The number of nitrogens with zero attached hydrogens (tertiary/aromatic N) is 3.